The smallest absolute Gasteiger partial charge is 0.192 e. The number of hydrogen-bond acceptors (Lipinski definition) is 3. The molecule has 0 rings (SSSR count). The van der Waals surface area contributed by atoms with Crippen LogP contribution in [0.3, 0.4) is 0 Å². The van der Waals surface area contributed by atoms with Gasteiger partial charge in [-0.2, -0.15) is 0 Å². The van der Waals surface area contributed by atoms with Crippen LogP contribution >= 0.6 is 0 Å². The molecular formula is C29H58O3Si2. The van der Waals surface area contributed by atoms with Gasteiger partial charge in [0.2, 0.25) is 0 Å². The SMILES string of the molecule is C/C(=C\CC(C)C)[C@H](O[Si](C)(C)C(C)(C)C)[C@H](C)/C=C/C=C\[C@H](CCO)O[Si](C)(C)C(C)(C)C. The van der Waals surface area contributed by atoms with Crippen molar-refractivity contribution in [3.63, 3.8) is 0 Å². The summed E-state index contributed by atoms with van der Waals surface area (Å²) < 4.78 is 13.4. The van der Waals surface area contributed by atoms with Crippen molar-refractivity contribution in [1.82, 2.24) is 0 Å². The molecule has 0 heterocycles. The van der Waals surface area contributed by atoms with Crippen LogP contribution in [0, 0.1) is 11.8 Å². The van der Waals surface area contributed by atoms with Crippen molar-refractivity contribution in [1.29, 1.82) is 0 Å². The topological polar surface area (TPSA) is 38.7 Å². The van der Waals surface area contributed by atoms with Gasteiger partial charge in [0.1, 0.15) is 0 Å². The lowest BCUT2D eigenvalue weighted by Crippen LogP contribution is -2.45. The van der Waals surface area contributed by atoms with Gasteiger partial charge in [0.25, 0.3) is 0 Å². The minimum Gasteiger partial charge on any atom is -0.410 e. The van der Waals surface area contributed by atoms with Gasteiger partial charge in [-0.15, -0.1) is 0 Å². The Hall–Kier alpha value is -0.466. The van der Waals surface area contributed by atoms with Crippen LogP contribution in [0.2, 0.25) is 36.3 Å². The van der Waals surface area contributed by atoms with E-state index >= 15 is 0 Å². The predicted octanol–water partition coefficient (Wildman–Crippen LogP) is 8.89. The molecule has 200 valence electrons. The first-order chi connectivity index (χ1) is 15.2. The van der Waals surface area contributed by atoms with Crippen LogP contribution in [0.4, 0.5) is 0 Å². The molecule has 0 aromatic rings. The monoisotopic (exact) mass is 510 g/mol. The molecule has 3 atom stereocenters. The Bertz CT molecular complexity index is 676. The lowest BCUT2D eigenvalue weighted by Gasteiger charge is -2.41. The third-order valence-corrected chi connectivity index (χ3v) is 16.5. The molecule has 0 aromatic carbocycles. The van der Waals surface area contributed by atoms with E-state index in [4.69, 9.17) is 8.85 Å². The summed E-state index contributed by atoms with van der Waals surface area (Å²) in [6.07, 6.45) is 12.7. The molecule has 0 aliphatic heterocycles. The molecule has 1 N–H and O–H groups in total. The Balaban J connectivity index is 5.64. The number of hydrogen-bond donors (Lipinski definition) is 1. The first-order valence-corrected chi connectivity index (χ1v) is 19.0. The van der Waals surface area contributed by atoms with E-state index in [1.54, 1.807) is 0 Å². The lowest BCUT2D eigenvalue weighted by molar-refractivity contribution is 0.174. The largest absolute Gasteiger partial charge is 0.410 e. The van der Waals surface area contributed by atoms with Crippen molar-refractivity contribution in [2.45, 2.75) is 131 Å². The molecule has 0 amide bonds. The summed E-state index contributed by atoms with van der Waals surface area (Å²) in [7, 11) is -3.80. The Kier molecular flexibility index (Phi) is 13.5. The van der Waals surface area contributed by atoms with E-state index in [2.05, 4.69) is 126 Å². The van der Waals surface area contributed by atoms with Crippen LogP contribution in [0.1, 0.15) is 82.1 Å². The molecule has 0 bridgehead atoms. The summed E-state index contributed by atoms with van der Waals surface area (Å²) >= 11 is 0. The van der Waals surface area contributed by atoms with Crippen LogP contribution in [0.25, 0.3) is 0 Å². The highest BCUT2D eigenvalue weighted by Gasteiger charge is 2.40. The second kappa shape index (κ2) is 13.7. The third-order valence-electron chi connectivity index (χ3n) is 7.58. The van der Waals surface area contributed by atoms with Crippen molar-refractivity contribution in [2.75, 3.05) is 6.61 Å². The van der Waals surface area contributed by atoms with Gasteiger partial charge in [-0.05, 0) is 67.5 Å². The highest BCUT2D eigenvalue weighted by molar-refractivity contribution is 6.74. The summed E-state index contributed by atoms with van der Waals surface area (Å²) in [4.78, 5) is 0. The van der Waals surface area contributed by atoms with Gasteiger partial charge < -0.3 is 14.0 Å². The number of rotatable bonds is 13. The van der Waals surface area contributed by atoms with Crippen molar-refractivity contribution >= 4 is 16.6 Å². The number of aliphatic hydroxyl groups is 1. The molecule has 0 fully saturated rings. The highest BCUT2D eigenvalue weighted by Crippen LogP contribution is 2.40. The average Bonchev–Trinajstić information content (AvgIpc) is 2.65. The first kappa shape index (κ1) is 33.5. The van der Waals surface area contributed by atoms with Gasteiger partial charge in [0, 0.05) is 12.5 Å². The number of aliphatic hydroxyl groups excluding tert-OH is 1. The van der Waals surface area contributed by atoms with Gasteiger partial charge in [-0.25, -0.2) is 0 Å². The fourth-order valence-corrected chi connectivity index (χ4v) is 5.75. The molecule has 3 nitrogen and oxygen atoms in total. The summed E-state index contributed by atoms with van der Waals surface area (Å²) in [6.45, 7) is 32.0. The molecule has 0 saturated heterocycles. The zero-order valence-corrected chi connectivity index (χ0v) is 27.1. The minimum atomic E-state index is -1.91. The van der Waals surface area contributed by atoms with Crippen molar-refractivity contribution in [2.24, 2.45) is 11.8 Å². The summed E-state index contributed by atoms with van der Waals surface area (Å²) in [5, 5.41) is 9.86. The van der Waals surface area contributed by atoms with Gasteiger partial charge in [-0.1, -0.05) is 92.7 Å². The second-order valence-electron chi connectivity index (χ2n) is 13.4. The first-order valence-electron chi connectivity index (χ1n) is 13.2. The van der Waals surface area contributed by atoms with E-state index in [-0.39, 0.29) is 34.8 Å². The van der Waals surface area contributed by atoms with Crippen LogP contribution in [0.5, 0.6) is 0 Å². The van der Waals surface area contributed by atoms with Crippen LogP contribution in [-0.2, 0) is 8.85 Å². The molecule has 0 radical (unpaired) electrons. The quantitative estimate of drug-likeness (QED) is 0.153. The fourth-order valence-electron chi connectivity index (χ4n) is 3.05. The predicted molar refractivity (Wildman–Crippen MR) is 156 cm³/mol. The fraction of sp³-hybridized carbons (Fsp3) is 0.793. The molecule has 0 spiro atoms. The third kappa shape index (κ3) is 11.5. The molecule has 5 heteroatoms. The van der Waals surface area contributed by atoms with Crippen LogP contribution in [0.15, 0.2) is 36.0 Å². The Morgan fingerprint density at radius 3 is 1.74 bits per heavy atom. The highest BCUT2D eigenvalue weighted by atomic mass is 28.4. The van der Waals surface area contributed by atoms with Gasteiger partial charge in [0.05, 0.1) is 12.2 Å². The summed E-state index contributed by atoms with van der Waals surface area (Å²) in [5.41, 5.74) is 1.33. The van der Waals surface area contributed by atoms with Gasteiger partial charge in [-0.3, -0.25) is 0 Å². The summed E-state index contributed by atoms with van der Waals surface area (Å²) in [6, 6.07) is 0. The molecule has 0 saturated carbocycles. The molecule has 0 aliphatic rings. The maximum atomic E-state index is 9.54. The molecular weight excluding hydrogens is 452 g/mol. The van der Waals surface area contributed by atoms with Crippen molar-refractivity contribution < 1.29 is 14.0 Å². The van der Waals surface area contributed by atoms with E-state index in [1.165, 1.54) is 5.57 Å². The Morgan fingerprint density at radius 1 is 0.824 bits per heavy atom. The minimum absolute atomic E-state index is 0.0576. The Labute approximate surface area is 215 Å². The normalized spacial score (nSPS) is 17.7. The Morgan fingerprint density at radius 2 is 1.29 bits per heavy atom. The summed E-state index contributed by atoms with van der Waals surface area (Å²) in [5.74, 6) is 0.904. The maximum Gasteiger partial charge on any atom is 0.192 e. The van der Waals surface area contributed by atoms with E-state index < -0.39 is 16.6 Å². The molecule has 34 heavy (non-hydrogen) atoms. The second-order valence-corrected chi connectivity index (χ2v) is 22.9. The van der Waals surface area contributed by atoms with E-state index in [0.717, 1.165) is 6.42 Å². The average molecular weight is 511 g/mol. The number of allylic oxidation sites excluding steroid dienone is 3. The van der Waals surface area contributed by atoms with E-state index in [9.17, 15) is 5.11 Å². The van der Waals surface area contributed by atoms with Gasteiger partial charge >= 0.3 is 0 Å². The van der Waals surface area contributed by atoms with Crippen molar-refractivity contribution in [3.05, 3.63) is 36.0 Å². The molecule has 0 aromatic heterocycles. The van der Waals surface area contributed by atoms with Gasteiger partial charge in [0.15, 0.2) is 16.6 Å². The molecule has 0 aliphatic carbocycles. The molecule has 0 unspecified atom stereocenters. The van der Waals surface area contributed by atoms with Crippen LogP contribution < -0.4 is 0 Å². The van der Waals surface area contributed by atoms with E-state index in [1.807, 2.05) is 0 Å². The lowest BCUT2D eigenvalue weighted by atomic mass is 9.96. The van der Waals surface area contributed by atoms with Crippen molar-refractivity contribution in [3.8, 4) is 0 Å². The van der Waals surface area contributed by atoms with Crippen LogP contribution in [-0.4, -0.2) is 40.6 Å². The standard InChI is InChI=1S/C29H58O3Si2/c1-23(2)19-20-25(4)27(32-34(13,14)29(8,9)10)24(3)17-15-16-18-26(21-22-30)31-33(11,12)28(5,6)7/h15-18,20,23-24,26-27,30H,19,21-22H2,1-14H3/b17-15+,18-16-,25-20+/t24-,26-,27-/m1/s1. The maximum absolute atomic E-state index is 9.54. The zero-order chi connectivity index (χ0) is 27.0. The van der Waals surface area contributed by atoms with E-state index in [0.29, 0.717) is 12.3 Å². The zero-order valence-electron chi connectivity index (χ0n) is 25.1.